The van der Waals surface area contributed by atoms with Crippen molar-refractivity contribution < 1.29 is 18.7 Å². The molecule has 12 nitrogen and oxygen atoms in total. The van der Waals surface area contributed by atoms with E-state index in [2.05, 4.69) is 20.4 Å². The molecule has 0 radical (unpaired) electrons. The highest BCUT2D eigenvalue weighted by Gasteiger charge is 2.36. The molecule has 2 atom stereocenters. The summed E-state index contributed by atoms with van der Waals surface area (Å²) >= 11 is 0. The average molecular weight is 573 g/mol. The normalized spacial score (nSPS) is 18.9. The molecular weight excluding hydrogens is 543 g/mol. The number of imidazole rings is 1. The van der Waals surface area contributed by atoms with Crippen LogP contribution >= 0.6 is 0 Å². The Hall–Kier alpha value is -4.94. The van der Waals surface area contributed by atoms with E-state index in [0.717, 1.165) is 5.56 Å². The van der Waals surface area contributed by atoms with Crippen molar-refractivity contribution in [3.8, 4) is 22.4 Å². The third-order valence-electron chi connectivity index (χ3n) is 8.55. The zero-order valence-electron chi connectivity index (χ0n) is 23.3. The Kier molecular flexibility index (Phi) is 5.92. The molecule has 1 saturated carbocycles. The Morgan fingerprint density at radius 1 is 1.12 bits per heavy atom. The summed E-state index contributed by atoms with van der Waals surface area (Å²) in [6.45, 7) is 0.189. The molecule has 1 aromatic carbocycles. The number of hydrogen-bond acceptors (Lipinski definition) is 6. The third kappa shape index (κ3) is 3.90. The fraction of sp³-hybridized carbons (Fsp3) is 0.345. The lowest BCUT2D eigenvalue weighted by Gasteiger charge is -2.27. The topological polar surface area (TPSA) is 132 Å². The highest BCUT2D eigenvalue weighted by Crippen LogP contribution is 2.43. The minimum atomic E-state index is -0.639. The van der Waals surface area contributed by atoms with Crippen LogP contribution in [0.25, 0.3) is 44.5 Å². The Bertz CT molecular complexity index is 1950. The van der Waals surface area contributed by atoms with Crippen LogP contribution in [0.3, 0.4) is 0 Å². The number of fused-ring (bicyclic) bond motifs is 6. The average Bonchev–Trinajstić information content (AvgIpc) is 3.73. The number of aromatic amines is 1. The van der Waals surface area contributed by atoms with Gasteiger partial charge in [-0.2, -0.15) is 4.39 Å². The van der Waals surface area contributed by atoms with E-state index in [-0.39, 0.29) is 42.2 Å². The predicted octanol–water partition coefficient (Wildman–Crippen LogP) is 3.93. The number of nitrogens with one attached hydrogen (secondary N) is 2. The second kappa shape index (κ2) is 9.57. The standard InChI is InChI=1S/C29H29FN8O4/c1-35-14-19(26(30)34-35)24-22-15-4-6-16(7-5-15)32-21(39)10-11-37(29(41)42-3)17-8-9-18(12-17)38-25-20(36(2)28(38)40)13-31-27(33-24)23(22)25/h4-7,13-14,17-18H,8-12H2,1-3H3,(H,31,33)(H,32,39)/t17-,18-/m1/s1. The summed E-state index contributed by atoms with van der Waals surface area (Å²) in [6.07, 6.45) is 4.63. The van der Waals surface area contributed by atoms with Crippen LogP contribution in [0.2, 0.25) is 0 Å². The summed E-state index contributed by atoms with van der Waals surface area (Å²) in [5.41, 5.74) is 4.38. The number of carbonyl (C=O) groups is 2. The van der Waals surface area contributed by atoms with Gasteiger partial charge in [-0.25, -0.2) is 14.6 Å². The first-order valence-electron chi connectivity index (χ1n) is 13.8. The van der Waals surface area contributed by atoms with E-state index in [1.807, 2.05) is 12.1 Å². The summed E-state index contributed by atoms with van der Waals surface area (Å²) in [7, 11) is 4.69. The van der Waals surface area contributed by atoms with Crippen LogP contribution in [0.5, 0.6) is 0 Å². The quantitative estimate of drug-likeness (QED) is 0.313. The van der Waals surface area contributed by atoms with Crippen molar-refractivity contribution in [3.63, 3.8) is 0 Å². The SMILES string of the molecule is COC(=O)N1CCC(=O)Nc2ccc(cc2)-c2c(-c3cn(C)nc3F)[nH]c3ncc4c(c23)n(c(=O)n4C)[C@@H]2CC[C@@H]1C2. The number of aryl methyl sites for hydroxylation is 2. The first kappa shape index (κ1) is 26.0. The highest BCUT2D eigenvalue weighted by molar-refractivity contribution is 6.14. The van der Waals surface area contributed by atoms with Crippen molar-refractivity contribution in [2.45, 2.75) is 37.8 Å². The summed E-state index contributed by atoms with van der Waals surface area (Å²) in [5, 5.41) is 7.49. The molecule has 2 amide bonds. The van der Waals surface area contributed by atoms with E-state index < -0.39 is 12.0 Å². The van der Waals surface area contributed by atoms with Gasteiger partial charge in [0.2, 0.25) is 11.9 Å². The van der Waals surface area contributed by atoms with Gasteiger partial charge in [0.25, 0.3) is 0 Å². The molecule has 3 aliphatic rings. The zero-order valence-corrected chi connectivity index (χ0v) is 23.3. The molecule has 2 aliphatic heterocycles. The number of ether oxygens (including phenoxy) is 1. The number of aromatic nitrogens is 6. The molecule has 6 heterocycles. The second-order valence-electron chi connectivity index (χ2n) is 11.0. The Morgan fingerprint density at radius 2 is 1.88 bits per heavy atom. The van der Waals surface area contributed by atoms with Crippen molar-refractivity contribution in [1.29, 1.82) is 0 Å². The lowest BCUT2D eigenvalue weighted by Crippen LogP contribution is -2.41. The van der Waals surface area contributed by atoms with Gasteiger partial charge in [-0.3, -0.25) is 18.6 Å². The number of rotatable bonds is 1. The Labute approximate surface area is 238 Å². The van der Waals surface area contributed by atoms with Gasteiger partial charge in [0, 0.05) is 56.6 Å². The number of anilines is 1. The molecule has 1 aliphatic carbocycles. The summed E-state index contributed by atoms with van der Waals surface area (Å²) < 4.78 is 25.0. The van der Waals surface area contributed by atoms with Crippen molar-refractivity contribution in [1.82, 2.24) is 33.8 Å². The molecule has 5 aromatic rings. The lowest BCUT2D eigenvalue weighted by molar-refractivity contribution is -0.116. The first-order valence-corrected chi connectivity index (χ1v) is 13.8. The van der Waals surface area contributed by atoms with Gasteiger partial charge in [-0.1, -0.05) is 12.1 Å². The fourth-order valence-corrected chi connectivity index (χ4v) is 6.60. The monoisotopic (exact) mass is 572 g/mol. The predicted molar refractivity (Wildman–Crippen MR) is 153 cm³/mol. The molecular formula is C29H29FN8O4. The van der Waals surface area contributed by atoms with Gasteiger partial charge in [0.05, 0.1) is 41.0 Å². The van der Waals surface area contributed by atoms with Gasteiger partial charge in [0.1, 0.15) is 5.65 Å². The maximum atomic E-state index is 15.1. The first-order chi connectivity index (χ1) is 20.2. The summed E-state index contributed by atoms with van der Waals surface area (Å²) in [6, 6.07) is 6.79. The third-order valence-corrected chi connectivity index (χ3v) is 8.55. The number of amides is 2. The molecule has 2 N–H and O–H groups in total. The smallest absolute Gasteiger partial charge is 0.409 e. The van der Waals surface area contributed by atoms with Gasteiger partial charge < -0.3 is 19.9 Å². The van der Waals surface area contributed by atoms with Crippen molar-refractivity contribution in [2.75, 3.05) is 19.0 Å². The molecule has 0 spiro atoms. The van der Waals surface area contributed by atoms with E-state index >= 15 is 4.39 Å². The van der Waals surface area contributed by atoms with Crippen LogP contribution in [0.4, 0.5) is 14.9 Å². The number of H-pyrrole nitrogens is 1. The Balaban J connectivity index is 1.54. The number of halogens is 1. The van der Waals surface area contributed by atoms with Crippen LogP contribution < -0.4 is 11.0 Å². The second-order valence-corrected chi connectivity index (χ2v) is 11.0. The minimum absolute atomic E-state index is 0.0882. The molecule has 8 rings (SSSR count). The van der Waals surface area contributed by atoms with Gasteiger partial charge in [-0.05, 0) is 37.0 Å². The Morgan fingerprint density at radius 3 is 2.60 bits per heavy atom. The zero-order chi connectivity index (χ0) is 29.3. The maximum absolute atomic E-state index is 15.1. The molecule has 0 saturated heterocycles. The van der Waals surface area contributed by atoms with Crippen LogP contribution in [-0.4, -0.2) is 65.5 Å². The number of hydrogen-bond donors (Lipinski definition) is 2. The van der Waals surface area contributed by atoms with Crippen molar-refractivity contribution in [3.05, 3.63) is 53.1 Å². The molecule has 1 fully saturated rings. The lowest BCUT2D eigenvalue weighted by atomic mass is 9.99. The van der Waals surface area contributed by atoms with Gasteiger partial charge in [-0.15, -0.1) is 5.10 Å². The van der Waals surface area contributed by atoms with E-state index in [4.69, 9.17) is 4.74 Å². The van der Waals surface area contributed by atoms with Crippen LogP contribution in [0, 0.1) is 5.95 Å². The molecule has 4 bridgehead atoms. The number of pyridine rings is 1. The number of carbonyl (C=O) groups excluding carboxylic acids is 2. The fourth-order valence-electron chi connectivity index (χ4n) is 6.60. The van der Waals surface area contributed by atoms with Crippen LogP contribution in [-0.2, 0) is 23.6 Å². The number of nitrogens with zero attached hydrogens (tertiary/aromatic N) is 6. The van der Waals surface area contributed by atoms with Gasteiger partial charge in [0.15, 0.2) is 0 Å². The van der Waals surface area contributed by atoms with Gasteiger partial charge >= 0.3 is 11.8 Å². The van der Waals surface area contributed by atoms with Crippen molar-refractivity contribution in [2.24, 2.45) is 14.1 Å². The minimum Gasteiger partial charge on any atom is -0.453 e. The summed E-state index contributed by atoms with van der Waals surface area (Å²) in [5.74, 6) is -0.879. The summed E-state index contributed by atoms with van der Waals surface area (Å²) in [4.78, 5) is 49.1. The van der Waals surface area contributed by atoms with E-state index in [1.54, 1.807) is 52.7 Å². The van der Waals surface area contributed by atoms with Crippen LogP contribution in [0.15, 0.2) is 41.5 Å². The molecule has 0 unspecified atom stereocenters. The van der Waals surface area contributed by atoms with Crippen LogP contribution in [0.1, 0.15) is 31.7 Å². The largest absolute Gasteiger partial charge is 0.453 e. The molecule has 216 valence electrons. The number of benzene rings is 1. The molecule has 4 aromatic heterocycles. The van der Waals surface area contributed by atoms with E-state index in [0.29, 0.717) is 58.3 Å². The molecule has 42 heavy (non-hydrogen) atoms. The van der Waals surface area contributed by atoms with Crippen molar-refractivity contribution >= 4 is 39.8 Å². The number of methoxy groups -OCH3 is 1. The van der Waals surface area contributed by atoms with E-state index in [9.17, 15) is 14.4 Å². The maximum Gasteiger partial charge on any atom is 0.409 e. The molecule has 13 heteroatoms. The van der Waals surface area contributed by atoms with E-state index in [1.165, 1.54) is 11.8 Å². The highest BCUT2D eigenvalue weighted by atomic mass is 19.1.